The van der Waals surface area contributed by atoms with Crippen LogP contribution in [0.2, 0.25) is 0 Å². The molecular weight excluding hydrogens is 330 g/mol. The Hall–Kier alpha value is -1.20. The maximum absolute atomic E-state index is 10.5. The smallest absolute Gasteiger partial charge is 0.109 e. The molecule has 0 bridgehead atoms. The number of hydrogen-bond acceptors (Lipinski definition) is 3. The number of benzene rings is 2. The summed E-state index contributed by atoms with van der Waals surface area (Å²) in [4.78, 5) is 0. The minimum absolute atomic E-state index is 0.335. The SMILES string of the molecule is CC(O)(CC(N)OCc1ccccc1Br)c1ccccc1. The molecule has 2 aromatic carbocycles. The monoisotopic (exact) mass is 349 g/mol. The van der Waals surface area contributed by atoms with E-state index in [1.165, 1.54) is 0 Å². The highest BCUT2D eigenvalue weighted by Crippen LogP contribution is 2.26. The molecule has 4 heteroatoms. The van der Waals surface area contributed by atoms with Crippen LogP contribution in [-0.4, -0.2) is 11.3 Å². The Morgan fingerprint density at radius 3 is 2.43 bits per heavy atom. The van der Waals surface area contributed by atoms with Crippen molar-refractivity contribution in [3.05, 3.63) is 70.2 Å². The van der Waals surface area contributed by atoms with Gasteiger partial charge in [-0.05, 0) is 24.1 Å². The molecule has 2 unspecified atom stereocenters. The first kappa shape index (κ1) is 16.2. The average molecular weight is 350 g/mol. The third-order valence-electron chi connectivity index (χ3n) is 3.41. The van der Waals surface area contributed by atoms with E-state index in [1.54, 1.807) is 6.92 Å². The fraction of sp³-hybridized carbons (Fsp3) is 0.294. The molecule has 0 heterocycles. The largest absolute Gasteiger partial charge is 0.385 e. The van der Waals surface area contributed by atoms with E-state index in [9.17, 15) is 5.11 Å². The zero-order chi connectivity index (χ0) is 15.3. The topological polar surface area (TPSA) is 55.5 Å². The van der Waals surface area contributed by atoms with Crippen molar-refractivity contribution in [1.82, 2.24) is 0 Å². The Morgan fingerprint density at radius 2 is 1.76 bits per heavy atom. The van der Waals surface area contributed by atoms with Crippen molar-refractivity contribution in [3.8, 4) is 0 Å². The number of rotatable bonds is 6. The van der Waals surface area contributed by atoms with E-state index in [1.807, 2.05) is 54.6 Å². The number of ether oxygens (including phenoxy) is 1. The van der Waals surface area contributed by atoms with E-state index in [-0.39, 0.29) is 0 Å². The number of aliphatic hydroxyl groups is 1. The standard InChI is InChI=1S/C17H20BrNO2/c1-17(20,14-8-3-2-4-9-14)11-16(19)21-12-13-7-5-6-10-15(13)18/h2-10,16,20H,11-12,19H2,1H3. The molecule has 0 aromatic heterocycles. The summed E-state index contributed by atoms with van der Waals surface area (Å²) in [7, 11) is 0. The molecule has 3 nitrogen and oxygen atoms in total. The Morgan fingerprint density at radius 1 is 1.14 bits per heavy atom. The van der Waals surface area contributed by atoms with Crippen LogP contribution >= 0.6 is 15.9 Å². The highest BCUT2D eigenvalue weighted by molar-refractivity contribution is 9.10. The van der Waals surface area contributed by atoms with Crippen LogP contribution in [0.5, 0.6) is 0 Å². The van der Waals surface area contributed by atoms with Crippen LogP contribution in [0, 0.1) is 0 Å². The second kappa shape index (κ2) is 7.18. The molecule has 0 saturated heterocycles. The van der Waals surface area contributed by atoms with Crippen molar-refractivity contribution in [3.63, 3.8) is 0 Å². The third-order valence-corrected chi connectivity index (χ3v) is 4.18. The van der Waals surface area contributed by atoms with Crippen molar-refractivity contribution in [2.24, 2.45) is 5.73 Å². The van der Waals surface area contributed by atoms with Crippen LogP contribution in [0.3, 0.4) is 0 Å². The van der Waals surface area contributed by atoms with Gasteiger partial charge in [0.2, 0.25) is 0 Å². The lowest BCUT2D eigenvalue weighted by Crippen LogP contribution is -2.34. The summed E-state index contributed by atoms with van der Waals surface area (Å²) in [6.07, 6.45) is -0.200. The minimum Gasteiger partial charge on any atom is -0.385 e. The van der Waals surface area contributed by atoms with Crippen molar-refractivity contribution in [2.45, 2.75) is 31.8 Å². The molecule has 0 aliphatic carbocycles. The first-order valence-corrected chi connectivity index (χ1v) is 7.67. The van der Waals surface area contributed by atoms with Gasteiger partial charge in [-0.15, -0.1) is 0 Å². The molecule has 2 aromatic rings. The van der Waals surface area contributed by atoms with Gasteiger partial charge in [-0.2, -0.15) is 0 Å². The lowest BCUT2D eigenvalue weighted by molar-refractivity contribution is -0.0367. The highest BCUT2D eigenvalue weighted by atomic mass is 79.9. The number of nitrogens with two attached hydrogens (primary N) is 1. The summed E-state index contributed by atoms with van der Waals surface area (Å²) in [6.45, 7) is 2.16. The van der Waals surface area contributed by atoms with Crippen LogP contribution in [0.15, 0.2) is 59.1 Å². The van der Waals surface area contributed by atoms with Crippen molar-refractivity contribution < 1.29 is 9.84 Å². The van der Waals surface area contributed by atoms with Gasteiger partial charge < -0.3 is 15.6 Å². The fourth-order valence-corrected chi connectivity index (χ4v) is 2.58. The Bertz CT molecular complexity index is 572. The predicted octanol–water partition coefficient (Wildman–Crippen LogP) is 3.55. The summed E-state index contributed by atoms with van der Waals surface area (Å²) in [5.41, 5.74) is 6.86. The summed E-state index contributed by atoms with van der Waals surface area (Å²) in [6, 6.07) is 17.3. The lowest BCUT2D eigenvalue weighted by atomic mass is 9.92. The minimum atomic E-state index is -1.01. The second-order valence-electron chi connectivity index (χ2n) is 5.28. The van der Waals surface area contributed by atoms with Gasteiger partial charge in [0.1, 0.15) is 6.23 Å². The molecular formula is C17H20BrNO2. The van der Waals surface area contributed by atoms with Gasteiger partial charge in [-0.3, -0.25) is 0 Å². The lowest BCUT2D eigenvalue weighted by Gasteiger charge is -2.27. The fourth-order valence-electron chi connectivity index (χ4n) is 2.18. The molecule has 2 atom stereocenters. The molecule has 3 N–H and O–H groups in total. The predicted molar refractivity (Wildman–Crippen MR) is 87.5 cm³/mol. The quantitative estimate of drug-likeness (QED) is 0.784. The van der Waals surface area contributed by atoms with E-state index in [0.29, 0.717) is 13.0 Å². The van der Waals surface area contributed by atoms with Gasteiger partial charge in [0, 0.05) is 10.9 Å². The van der Waals surface area contributed by atoms with E-state index >= 15 is 0 Å². The zero-order valence-electron chi connectivity index (χ0n) is 12.0. The van der Waals surface area contributed by atoms with Gasteiger partial charge in [0.05, 0.1) is 12.2 Å². The Labute approximate surface area is 133 Å². The van der Waals surface area contributed by atoms with Crippen LogP contribution in [-0.2, 0) is 16.9 Å². The molecule has 0 aliphatic rings. The molecule has 2 rings (SSSR count). The molecule has 0 spiro atoms. The summed E-state index contributed by atoms with van der Waals surface area (Å²) >= 11 is 3.47. The highest BCUT2D eigenvalue weighted by Gasteiger charge is 2.26. The third kappa shape index (κ3) is 4.64. The molecule has 0 aliphatic heterocycles. The summed E-state index contributed by atoms with van der Waals surface area (Å²) < 4.78 is 6.65. The number of hydrogen-bond donors (Lipinski definition) is 2. The van der Waals surface area contributed by atoms with Crippen LogP contribution < -0.4 is 5.73 Å². The maximum Gasteiger partial charge on any atom is 0.109 e. The van der Waals surface area contributed by atoms with Gasteiger partial charge in [-0.1, -0.05) is 64.5 Å². The molecule has 0 saturated carbocycles. The molecule has 0 fully saturated rings. The van der Waals surface area contributed by atoms with E-state index in [4.69, 9.17) is 10.5 Å². The first-order valence-electron chi connectivity index (χ1n) is 6.87. The maximum atomic E-state index is 10.5. The van der Waals surface area contributed by atoms with Gasteiger partial charge in [0.15, 0.2) is 0 Å². The Balaban J connectivity index is 1.93. The van der Waals surface area contributed by atoms with E-state index in [2.05, 4.69) is 15.9 Å². The first-order chi connectivity index (χ1) is 9.99. The van der Waals surface area contributed by atoms with E-state index < -0.39 is 11.8 Å². The van der Waals surface area contributed by atoms with Crippen LogP contribution in [0.25, 0.3) is 0 Å². The van der Waals surface area contributed by atoms with Gasteiger partial charge in [-0.25, -0.2) is 0 Å². The van der Waals surface area contributed by atoms with Crippen LogP contribution in [0.4, 0.5) is 0 Å². The van der Waals surface area contributed by atoms with Gasteiger partial charge >= 0.3 is 0 Å². The molecule has 112 valence electrons. The second-order valence-corrected chi connectivity index (χ2v) is 6.14. The molecule has 0 amide bonds. The Kier molecular flexibility index (Phi) is 5.53. The van der Waals surface area contributed by atoms with Crippen molar-refractivity contribution in [2.75, 3.05) is 0 Å². The normalized spacial score (nSPS) is 15.4. The molecule has 21 heavy (non-hydrogen) atoms. The van der Waals surface area contributed by atoms with E-state index in [0.717, 1.165) is 15.6 Å². The average Bonchev–Trinajstić information content (AvgIpc) is 2.47. The summed E-state index contributed by atoms with van der Waals surface area (Å²) in [5.74, 6) is 0. The zero-order valence-corrected chi connectivity index (χ0v) is 13.6. The van der Waals surface area contributed by atoms with Gasteiger partial charge in [0.25, 0.3) is 0 Å². The summed E-state index contributed by atoms with van der Waals surface area (Å²) in [5, 5.41) is 10.5. The number of halogens is 1. The van der Waals surface area contributed by atoms with Crippen molar-refractivity contribution >= 4 is 15.9 Å². The van der Waals surface area contributed by atoms with Crippen LogP contribution in [0.1, 0.15) is 24.5 Å². The molecule has 0 radical (unpaired) electrons. The van der Waals surface area contributed by atoms with Crippen molar-refractivity contribution in [1.29, 1.82) is 0 Å².